The number of rotatable bonds is 5. The second-order valence-electron chi connectivity index (χ2n) is 4.66. The van der Waals surface area contributed by atoms with Gasteiger partial charge in [0.2, 0.25) is 5.88 Å². The van der Waals surface area contributed by atoms with Gasteiger partial charge in [0.25, 0.3) is 0 Å². The minimum absolute atomic E-state index is 0.439. The van der Waals surface area contributed by atoms with Crippen molar-refractivity contribution in [2.24, 2.45) is 5.92 Å². The van der Waals surface area contributed by atoms with E-state index >= 15 is 0 Å². The van der Waals surface area contributed by atoms with Gasteiger partial charge < -0.3 is 4.74 Å². The molecule has 1 heterocycles. The maximum Gasteiger partial charge on any atom is 0.235 e. The monoisotopic (exact) mass is 222 g/mol. The number of nitrogens with zero attached hydrogens (tertiary/aromatic N) is 2. The average Bonchev–Trinajstić information content (AvgIpc) is 2.27. The van der Waals surface area contributed by atoms with Gasteiger partial charge in [-0.2, -0.15) is 0 Å². The summed E-state index contributed by atoms with van der Waals surface area (Å²) in [5, 5.41) is 0. The van der Waals surface area contributed by atoms with E-state index in [1.165, 1.54) is 0 Å². The first-order valence-corrected chi connectivity index (χ1v) is 5.98. The van der Waals surface area contributed by atoms with E-state index in [0.717, 1.165) is 24.2 Å². The zero-order chi connectivity index (χ0) is 12.1. The molecule has 1 atom stereocenters. The van der Waals surface area contributed by atoms with Crippen LogP contribution in [0.3, 0.4) is 0 Å². The van der Waals surface area contributed by atoms with Crippen LogP contribution in [-0.2, 0) is 6.42 Å². The molecule has 0 fully saturated rings. The maximum atomic E-state index is 5.31. The van der Waals surface area contributed by atoms with Gasteiger partial charge in [0.05, 0.1) is 12.8 Å². The number of aromatic nitrogens is 2. The molecule has 90 valence electrons. The molecular formula is C13H22N2O. The van der Waals surface area contributed by atoms with E-state index in [1.807, 2.05) is 6.20 Å². The Morgan fingerprint density at radius 2 is 2.00 bits per heavy atom. The molecule has 0 spiro atoms. The third kappa shape index (κ3) is 3.19. The molecule has 0 amide bonds. The van der Waals surface area contributed by atoms with E-state index in [-0.39, 0.29) is 0 Å². The molecule has 0 N–H and O–H groups in total. The number of ether oxygens (including phenoxy) is 1. The van der Waals surface area contributed by atoms with Gasteiger partial charge in [-0.3, -0.25) is 4.98 Å². The van der Waals surface area contributed by atoms with Crippen molar-refractivity contribution < 1.29 is 4.74 Å². The summed E-state index contributed by atoms with van der Waals surface area (Å²) in [6, 6.07) is 0. The molecule has 1 aromatic heterocycles. The van der Waals surface area contributed by atoms with Crippen molar-refractivity contribution in [2.75, 3.05) is 7.11 Å². The third-order valence-corrected chi connectivity index (χ3v) is 2.74. The summed E-state index contributed by atoms with van der Waals surface area (Å²) in [5.74, 6) is 1.69. The predicted octanol–water partition coefficient (Wildman–Crippen LogP) is 3.20. The smallest absolute Gasteiger partial charge is 0.235 e. The fourth-order valence-electron chi connectivity index (χ4n) is 1.55. The normalized spacial score (nSPS) is 12.9. The SMILES string of the molecule is CC[C@H](C)c1cnc(CC(C)C)c(OC)n1. The minimum atomic E-state index is 0.439. The van der Waals surface area contributed by atoms with Gasteiger partial charge in [-0.05, 0) is 24.7 Å². The zero-order valence-electron chi connectivity index (χ0n) is 10.9. The second-order valence-corrected chi connectivity index (χ2v) is 4.66. The lowest BCUT2D eigenvalue weighted by atomic mass is 10.0. The molecular weight excluding hydrogens is 200 g/mol. The zero-order valence-corrected chi connectivity index (χ0v) is 10.9. The van der Waals surface area contributed by atoms with Crippen LogP contribution in [0.2, 0.25) is 0 Å². The van der Waals surface area contributed by atoms with Crippen molar-refractivity contribution in [3.05, 3.63) is 17.6 Å². The Bertz CT molecular complexity index is 337. The molecule has 16 heavy (non-hydrogen) atoms. The highest BCUT2D eigenvalue weighted by molar-refractivity contribution is 5.22. The quantitative estimate of drug-likeness (QED) is 0.767. The van der Waals surface area contributed by atoms with E-state index in [9.17, 15) is 0 Å². The van der Waals surface area contributed by atoms with Crippen molar-refractivity contribution in [2.45, 2.75) is 46.5 Å². The molecule has 1 aromatic rings. The van der Waals surface area contributed by atoms with Crippen LogP contribution in [-0.4, -0.2) is 17.1 Å². The maximum absolute atomic E-state index is 5.31. The lowest BCUT2D eigenvalue weighted by Crippen LogP contribution is -2.06. The highest BCUT2D eigenvalue weighted by atomic mass is 16.5. The molecule has 3 heteroatoms. The van der Waals surface area contributed by atoms with Gasteiger partial charge in [-0.15, -0.1) is 0 Å². The van der Waals surface area contributed by atoms with Crippen molar-refractivity contribution in [3.8, 4) is 5.88 Å². The summed E-state index contributed by atoms with van der Waals surface area (Å²) in [4.78, 5) is 9.00. The molecule has 3 nitrogen and oxygen atoms in total. The summed E-state index contributed by atoms with van der Waals surface area (Å²) in [5.41, 5.74) is 1.98. The third-order valence-electron chi connectivity index (χ3n) is 2.74. The van der Waals surface area contributed by atoms with E-state index in [0.29, 0.717) is 17.7 Å². The molecule has 0 aliphatic heterocycles. The van der Waals surface area contributed by atoms with Gasteiger partial charge in [-0.1, -0.05) is 27.7 Å². The number of hydrogen-bond acceptors (Lipinski definition) is 3. The molecule has 0 saturated heterocycles. The standard InChI is InChI=1S/C13H22N2O/c1-6-10(4)12-8-14-11(7-9(2)3)13(15-12)16-5/h8-10H,6-7H2,1-5H3/t10-/m0/s1. The van der Waals surface area contributed by atoms with E-state index < -0.39 is 0 Å². The van der Waals surface area contributed by atoms with Crippen LogP contribution in [0.5, 0.6) is 5.88 Å². The first-order valence-electron chi connectivity index (χ1n) is 5.98. The fourth-order valence-corrected chi connectivity index (χ4v) is 1.55. The lowest BCUT2D eigenvalue weighted by molar-refractivity contribution is 0.382. The van der Waals surface area contributed by atoms with Crippen LogP contribution in [0.1, 0.15) is 51.4 Å². The second kappa shape index (κ2) is 5.83. The van der Waals surface area contributed by atoms with Gasteiger partial charge in [-0.25, -0.2) is 4.98 Å². The van der Waals surface area contributed by atoms with Crippen LogP contribution in [0.25, 0.3) is 0 Å². The fraction of sp³-hybridized carbons (Fsp3) is 0.692. The summed E-state index contributed by atoms with van der Waals surface area (Å²) in [6.07, 6.45) is 3.87. The van der Waals surface area contributed by atoms with Crippen molar-refractivity contribution in [1.29, 1.82) is 0 Å². The highest BCUT2D eigenvalue weighted by Crippen LogP contribution is 2.22. The molecule has 0 unspecified atom stereocenters. The van der Waals surface area contributed by atoms with Crippen LogP contribution in [0.4, 0.5) is 0 Å². The first-order chi connectivity index (χ1) is 7.58. The molecule has 0 aliphatic carbocycles. The van der Waals surface area contributed by atoms with Gasteiger partial charge in [0, 0.05) is 6.20 Å². The Balaban J connectivity index is 2.97. The first kappa shape index (κ1) is 12.9. The average molecular weight is 222 g/mol. The van der Waals surface area contributed by atoms with Crippen LogP contribution in [0, 0.1) is 5.92 Å². The van der Waals surface area contributed by atoms with Gasteiger partial charge in [0.1, 0.15) is 5.69 Å². The van der Waals surface area contributed by atoms with Crippen molar-refractivity contribution >= 4 is 0 Å². The summed E-state index contributed by atoms with van der Waals surface area (Å²) < 4.78 is 5.31. The van der Waals surface area contributed by atoms with Crippen LogP contribution in [0.15, 0.2) is 6.20 Å². The van der Waals surface area contributed by atoms with Gasteiger partial charge in [0.15, 0.2) is 0 Å². The molecule has 0 saturated carbocycles. The Morgan fingerprint density at radius 1 is 1.31 bits per heavy atom. The molecule has 1 rings (SSSR count). The van der Waals surface area contributed by atoms with Gasteiger partial charge >= 0.3 is 0 Å². The van der Waals surface area contributed by atoms with E-state index in [1.54, 1.807) is 7.11 Å². The Labute approximate surface area is 98.3 Å². The topological polar surface area (TPSA) is 35.0 Å². The summed E-state index contributed by atoms with van der Waals surface area (Å²) in [6.45, 7) is 8.65. The molecule has 0 aliphatic rings. The molecule has 0 aromatic carbocycles. The minimum Gasteiger partial charge on any atom is -0.480 e. The largest absolute Gasteiger partial charge is 0.480 e. The lowest BCUT2D eigenvalue weighted by Gasteiger charge is -2.12. The van der Waals surface area contributed by atoms with Crippen molar-refractivity contribution in [3.63, 3.8) is 0 Å². The van der Waals surface area contributed by atoms with E-state index in [2.05, 4.69) is 37.7 Å². The Morgan fingerprint density at radius 3 is 2.50 bits per heavy atom. The number of methoxy groups -OCH3 is 1. The van der Waals surface area contributed by atoms with Crippen molar-refractivity contribution in [1.82, 2.24) is 9.97 Å². The van der Waals surface area contributed by atoms with Crippen LogP contribution < -0.4 is 4.74 Å². The van der Waals surface area contributed by atoms with Crippen LogP contribution >= 0.6 is 0 Å². The Kier molecular flexibility index (Phi) is 4.71. The predicted molar refractivity (Wildman–Crippen MR) is 65.8 cm³/mol. The Hall–Kier alpha value is -1.12. The van der Waals surface area contributed by atoms with E-state index in [4.69, 9.17) is 4.74 Å². The molecule has 0 radical (unpaired) electrons. The molecule has 0 bridgehead atoms. The highest BCUT2D eigenvalue weighted by Gasteiger charge is 2.12. The summed E-state index contributed by atoms with van der Waals surface area (Å²) in [7, 11) is 1.66. The summed E-state index contributed by atoms with van der Waals surface area (Å²) >= 11 is 0. The number of hydrogen-bond donors (Lipinski definition) is 0.